The van der Waals surface area contributed by atoms with Gasteiger partial charge in [-0.15, -0.1) is 0 Å². The highest BCUT2D eigenvalue weighted by atomic mass is 16.5. The van der Waals surface area contributed by atoms with Crippen LogP contribution in [0.4, 0.5) is 0 Å². The van der Waals surface area contributed by atoms with Crippen LogP contribution in [0.15, 0.2) is 0 Å². The van der Waals surface area contributed by atoms with Crippen LogP contribution in [0.3, 0.4) is 0 Å². The third-order valence-corrected chi connectivity index (χ3v) is 3.83. The lowest BCUT2D eigenvalue weighted by Crippen LogP contribution is -2.70. The zero-order chi connectivity index (χ0) is 12.7. The highest BCUT2D eigenvalue weighted by molar-refractivity contribution is 5.87. The molecule has 0 bridgehead atoms. The first kappa shape index (κ1) is 12.8. The minimum absolute atomic E-state index is 0.117. The largest absolute Gasteiger partial charge is 0.377 e. The van der Waals surface area contributed by atoms with Gasteiger partial charge in [0, 0.05) is 25.2 Å². The Kier molecular flexibility index (Phi) is 3.21. The molecule has 0 radical (unpaired) electrons. The van der Waals surface area contributed by atoms with Crippen molar-refractivity contribution in [2.45, 2.75) is 57.7 Å². The second kappa shape index (κ2) is 4.25. The smallest absolute Gasteiger partial charge is 0.240 e. The lowest BCUT2D eigenvalue weighted by Gasteiger charge is -2.48. The average molecular weight is 240 g/mol. The maximum absolute atomic E-state index is 12.1. The van der Waals surface area contributed by atoms with Crippen molar-refractivity contribution in [3.8, 4) is 0 Å². The van der Waals surface area contributed by atoms with E-state index in [-0.39, 0.29) is 11.4 Å². The van der Waals surface area contributed by atoms with Gasteiger partial charge in [0.05, 0.1) is 11.6 Å². The van der Waals surface area contributed by atoms with Crippen LogP contribution < -0.4 is 5.32 Å². The molecule has 1 N–H and O–H groups in total. The Labute approximate surface area is 104 Å². The van der Waals surface area contributed by atoms with E-state index in [4.69, 9.17) is 4.74 Å². The fraction of sp³-hybridized carbons (Fsp3) is 0.923. The highest BCUT2D eigenvalue weighted by Gasteiger charge is 2.44. The zero-order valence-electron chi connectivity index (χ0n) is 11.4. The van der Waals surface area contributed by atoms with Crippen molar-refractivity contribution in [1.82, 2.24) is 10.2 Å². The Hall–Kier alpha value is -0.610. The molecule has 0 aromatic heterocycles. The van der Waals surface area contributed by atoms with Gasteiger partial charge in [0.2, 0.25) is 5.91 Å². The summed E-state index contributed by atoms with van der Waals surface area (Å²) in [6.45, 7) is 10.7. The van der Waals surface area contributed by atoms with Crippen LogP contribution in [0, 0.1) is 0 Å². The van der Waals surface area contributed by atoms with Crippen molar-refractivity contribution in [2.24, 2.45) is 0 Å². The fourth-order valence-electron chi connectivity index (χ4n) is 2.65. The molecular weight excluding hydrogens is 216 g/mol. The van der Waals surface area contributed by atoms with Gasteiger partial charge in [0.15, 0.2) is 0 Å². The Balaban J connectivity index is 2.08. The molecule has 1 atom stereocenters. The van der Waals surface area contributed by atoms with E-state index in [9.17, 15) is 4.79 Å². The monoisotopic (exact) mass is 240 g/mol. The summed E-state index contributed by atoms with van der Waals surface area (Å²) in [7, 11) is 0. The number of hydrogen-bond donors (Lipinski definition) is 1. The molecule has 1 amide bonds. The maximum Gasteiger partial charge on any atom is 0.240 e. The van der Waals surface area contributed by atoms with Crippen LogP contribution in [0.25, 0.3) is 0 Å². The Morgan fingerprint density at radius 2 is 2.12 bits per heavy atom. The second-order valence-corrected chi connectivity index (χ2v) is 6.41. The number of carbonyl (C=O) groups is 1. The van der Waals surface area contributed by atoms with Gasteiger partial charge in [-0.2, -0.15) is 0 Å². The minimum Gasteiger partial charge on any atom is -0.377 e. The van der Waals surface area contributed by atoms with Crippen molar-refractivity contribution < 1.29 is 9.53 Å². The van der Waals surface area contributed by atoms with E-state index < -0.39 is 5.54 Å². The number of nitrogens with one attached hydrogen (secondary N) is 1. The van der Waals surface area contributed by atoms with E-state index in [1.54, 1.807) is 0 Å². The zero-order valence-corrected chi connectivity index (χ0v) is 11.4. The molecule has 0 saturated carbocycles. The van der Waals surface area contributed by atoms with Crippen LogP contribution >= 0.6 is 0 Å². The van der Waals surface area contributed by atoms with Crippen LogP contribution in [0.5, 0.6) is 0 Å². The van der Waals surface area contributed by atoms with E-state index in [2.05, 4.69) is 24.1 Å². The summed E-state index contributed by atoms with van der Waals surface area (Å²) in [5.41, 5.74) is -0.577. The molecular formula is C13H24N2O2. The van der Waals surface area contributed by atoms with Gasteiger partial charge in [0.25, 0.3) is 0 Å². The number of piperazine rings is 1. The van der Waals surface area contributed by atoms with Crippen LogP contribution in [-0.2, 0) is 9.53 Å². The van der Waals surface area contributed by atoms with E-state index >= 15 is 0 Å². The quantitative estimate of drug-likeness (QED) is 0.787. The van der Waals surface area contributed by atoms with Gasteiger partial charge in [-0.3, -0.25) is 9.69 Å². The number of amides is 1. The predicted molar refractivity (Wildman–Crippen MR) is 66.8 cm³/mol. The first-order valence-electron chi connectivity index (χ1n) is 6.50. The number of ether oxygens (including phenoxy) is 1. The molecule has 98 valence electrons. The summed E-state index contributed by atoms with van der Waals surface area (Å²) >= 11 is 0. The second-order valence-electron chi connectivity index (χ2n) is 6.41. The topological polar surface area (TPSA) is 41.6 Å². The predicted octanol–water partition coefficient (Wildman–Crippen LogP) is 1.15. The molecule has 2 aliphatic heterocycles. The summed E-state index contributed by atoms with van der Waals surface area (Å²) in [6, 6.07) is 0. The van der Waals surface area contributed by atoms with Crippen LogP contribution in [0.2, 0.25) is 0 Å². The van der Waals surface area contributed by atoms with Crippen molar-refractivity contribution in [2.75, 3.05) is 19.7 Å². The third kappa shape index (κ3) is 2.63. The highest BCUT2D eigenvalue weighted by Crippen LogP contribution is 2.26. The summed E-state index contributed by atoms with van der Waals surface area (Å²) in [5.74, 6) is 0.117. The van der Waals surface area contributed by atoms with Gasteiger partial charge >= 0.3 is 0 Å². The summed E-state index contributed by atoms with van der Waals surface area (Å²) in [6.07, 6.45) is 2.57. The van der Waals surface area contributed by atoms with E-state index in [0.717, 1.165) is 32.5 Å². The van der Waals surface area contributed by atoms with Gasteiger partial charge in [-0.1, -0.05) is 0 Å². The normalized spacial score (nSPS) is 32.5. The van der Waals surface area contributed by atoms with Crippen LogP contribution in [-0.4, -0.2) is 47.7 Å². The van der Waals surface area contributed by atoms with Gasteiger partial charge in [-0.25, -0.2) is 0 Å². The number of hydrogen-bond acceptors (Lipinski definition) is 3. The van der Waals surface area contributed by atoms with E-state index in [1.807, 2.05) is 13.8 Å². The van der Waals surface area contributed by atoms with Gasteiger partial charge in [-0.05, 0) is 40.5 Å². The number of carbonyl (C=O) groups excluding carboxylic acids is 1. The molecule has 2 saturated heterocycles. The molecule has 17 heavy (non-hydrogen) atoms. The fourth-order valence-corrected chi connectivity index (χ4v) is 2.65. The molecule has 2 fully saturated rings. The lowest BCUT2D eigenvalue weighted by molar-refractivity contribution is -0.141. The molecule has 0 aromatic carbocycles. The minimum atomic E-state index is -0.429. The molecule has 4 nitrogen and oxygen atoms in total. The summed E-state index contributed by atoms with van der Waals surface area (Å²) < 4.78 is 5.68. The Bertz CT molecular complexity index is 307. The van der Waals surface area contributed by atoms with Crippen molar-refractivity contribution >= 4 is 5.91 Å². The average Bonchev–Trinajstić information content (AvgIpc) is 2.66. The lowest BCUT2D eigenvalue weighted by atomic mass is 9.90. The summed E-state index contributed by atoms with van der Waals surface area (Å²) in [5, 5.41) is 3.08. The van der Waals surface area contributed by atoms with Gasteiger partial charge in [0.1, 0.15) is 0 Å². The number of rotatable bonds is 2. The van der Waals surface area contributed by atoms with Crippen molar-refractivity contribution in [3.05, 3.63) is 0 Å². The van der Waals surface area contributed by atoms with Crippen molar-refractivity contribution in [1.29, 1.82) is 0 Å². The molecule has 2 rings (SSSR count). The molecule has 0 aliphatic carbocycles. The van der Waals surface area contributed by atoms with Crippen molar-refractivity contribution in [3.63, 3.8) is 0 Å². The SMILES string of the molecule is CC1(C)CN(CC2CCCO2)C(C)(C)C(=O)N1. The van der Waals surface area contributed by atoms with Gasteiger partial charge < -0.3 is 10.1 Å². The molecule has 4 heteroatoms. The third-order valence-electron chi connectivity index (χ3n) is 3.83. The summed E-state index contributed by atoms with van der Waals surface area (Å²) in [4.78, 5) is 14.4. The first-order valence-corrected chi connectivity index (χ1v) is 6.50. The van der Waals surface area contributed by atoms with E-state index in [1.165, 1.54) is 0 Å². The molecule has 2 heterocycles. The molecule has 1 unspecified atom stereocenters. The maximum atomic E-state index is 12.1. The van der Waals surface area contributed by atoms with E-state index in [0.29, 0.717) is 6.10 Å². The Morgan fingerprint density at radius 3 is 2.71 bits per heavy atom. The van der Waals surface area contributed by atoms with Crippen LogP contribution in [0.1, 0.15) is 40.5 Å². The first-order chi connectivity index (χ1) is 7.81. The molecule has 0 aromatic rings. The number of nitrogens with zero attached hydrogens (tertiary/aromatic N) is 1. The molecule has 0 spiro atoms. The molecule has 2 aliphatic rings. The standard InChI is InChI=1S/C13H24N2O2/c1-12(2)9-15(8-10-6-5-7-17-10)13(3,4)11(16)14-12/h10H,5-9H2,1-4H3,(H,14,16). The Morgan fingerprint density at radius 1 is 1.41 bits per heavy atom.